The molecule has 0 fully saturated rings. The number of rotatable bonds is 2. The largest absolute Gasteiger partial charge is 0.0904 e. The van der Waals surface area contributed by atoms with Crippen molar-refractivity contribution in [3.8, 4) is 0 Å². The Morgan fingerprint density at radius 1 is 1.00 bits per heavy atom. The van der Waals surface area contributed by atoms with E-state index in [1.54, 1.807) is 0 Å². The lowest BCUT2D eigenvalue weighted by Gasteiger charge is -2.15. The summed E-state index contributed by atoms with van der Waals surface area (Å²) in [6, 6.07) is 10.5. The molecular formula is C15H16S. The summed E-state index contributed by atoms with van der Waals surface area (Å²) in [7, 11) is 0. The summed E-state index contributed by atoms with van der Waals surface area (Å²) in [5, 5.41) is 0. The van der Waals surface area contributed by atoms with E-state index in [2.05, 4.69) is 68.5 Å². The molecule has 1 aliphatic carbocycles. The molecule has 0 aromatic heterocycles. The van der Waals surface area contributed by atoms with E-state index >= 15 is 0 Å². The highest BCUT2D eigenvalue weighted by Crippen LogP contribution is 2.33. The van der Waals surface area contributed by atoms with Gasteiger partial charge in [-0.2, -0.15) is 0 Å². The first-order valence-corrected chi connectivity index (χ1v) is 6.29. The van der Waals surface area contributed by atoms with E-state index in [0.717, 1.165) is 0 Å². The Morgan fingerprint density at radius 2 is 1.75 bits per heavy atom. The SMILES string of the molecule is CC1(C)C=CC=CC(Sc2ccccc2)=C1. The van der Waals surface area contributed by atoms with Gasteiger partial charge in [0.25, 0.3) is 0 Å². The van der Waals surface area contributed by atoms with Gasteiger partial charge < -0.3 is 0 Å². The minimum absolute atomic E-state index is 0.139. The summed E-state index contributed by atoms with van der Waals surface area (Å²) in [6.07, 6.45) is 10.9. The van der Waals surface area contributed by atoms with Crippen LogP contribution in [0.15, 0.2) is 70.5 Å². The minimum Gasteiger partial charge on any atom is -0.0904 e. The van der Waals surface area contributed by atoms with Gasteiger partial charge in [-0.05, 0) is 18.2 Å². The average molecular weight is 228 g/mol. The molecule has 0 bridgehead atoms. The first kappa shape index (κ1) is 11.3. The van der Waals surface area contributed by atoms with Crippen LogP contribution in [0.25, 0.3) is 0 Å². The maximum absolute atomic E-state index is 2.31. The molecule has 0 radical (unpaired) electrons. The van der Waals surface area contributed by atoms with Crippen LogP contribution in [0.3, 0.4) is 0 Å². The lowest BCUT2D eigenvalue weighted by Crippen LogP contribution is -2.01. The molecule has 0 spiro atoms. The Labute approximate surface area is 102 Å². The van der Waals surface area contributed by atoms with Crippen molar-refractivity contribution in [1.82, 2.24) is 0 Å². The molecule has 0 aliphatic heterocycles. The monoisotopic (exact) mass is 228 g/mol. The van der Waals surface area contributed by atoms with Crippen molar-refractivity contribution in [2.75, 3.05) is 0 Å². The summed E-state index contributed by atoms with van der Waals surface area (Å²) in [6.45, 7) is 4.45. The number of hydrogen-bond donors (Lipinski definition) is 0. The van der Waals surface area contributed by atoms with Crippen LogP contribution in [0.1, 0.15) is 13.8 Å². The van der Waals surface area contributed by atoms with Crippen molar-refractivity contribution in [3.05, 3.63) is 65.6 Å². The van der Waals surface area contributed by atoms with Crippen LogP contribution in [0, 0.1) is 5.41 Å². The van der Waals surface area contributed by atoms with E-state index < -0.39 is 0 Å². The molecule has 0 atom stereocenters. The van der Waals surface area contributed by atoms with Crippen LogP contribution in [0.4, 0.5) is 0 Å². The van der Waals surface area contributed by atoms with Crippen molar-refractivity contribution in [2.24, 2.45) is 5.41 Å². The maximum atomic E-state index is 2.31. The van der Waals surface area contributed by atoms with E-state index in [9.17, 15) is 0 Å². The zero-order valence-electron chi connectivity index (χ0n) is 9.68. The summed E-state index contributed by atoms with van der Waals surface area (Å²) in [5.74, 6) is 0. The summed E-state index contributed by atoms with van der Waals surface area (Å²) in [5.41, 5.74) is 0.139. The van der Waals surface area contributed by atoms with Crippen molar-refractivity contribution in [3.63, 3.8) is 0 Å². The van der Waals surface area contributed by atoms with Crippen molar-refractivity contribution < 1.29 is 0 Å². The Kier molecular flexibility index (Phi) is 3.35. The fraction of sp³-hybridized carbons (Fsp3) is 0.200. The molecule has 0 amide bonds. The van der Waals surface area contributed by atoms with Crippen LogP contribution in [-0.4, -0.2) is 0 Å². The quantitative estimate of drug-likeness (QED) is 0.699. The zero-order valence-corrected chi connectivity index (χ0v) is 10.5. The lowest BCUT2D eigenvalue weighted by atomic mass is 9.93. The highest BCUT2D eigenvalue weighted by atomic mass is 32.2. The third-order valence-corrected chi connectivity index (χ3v) is 3.39. The van der Waals surface area contributed by atoms with Crippen LogP contribution >= 0.6 is 11.8 Å². The fourth-order valence-electron chi connectivity index (χ4n) is 1.60. The Hall–Kier alpha value is -1.21. The van der Waals surface area contributed by atoms with E-state index in [-0.39, 0.29) is 5.41 Å². The van der Waals surface area contributed by atoms with Crippen molar-refractivity contribution in [1.29, 1.82) is 0 Å². The van der Waals surface area contributed by atoms with Crippen molar-refractivity contribution in [2.45, 2.75) is 18.7 Å². The second kappa shape index (κ2) is 4.75. The number of hydrogen-bond acceptors (Lipinski definition) is 1. The molecule has 0 nitrogen and oxygen atoms in total. The van der Waals surface area contributed by atoms with Crippen LogP contribution in [0.2, 0.25) is 0 Å². The van der Waals surface area contributed by atoms with E-state index in [1.807, 2.05) is 17.8 Å². The zero-order chi connectivity index (χ0) is 11.4. The first-order valence-electron chi connectivity index (χ1n) is 5.47. The molecule has 1 aromatic carbocycles. The first-order chi connectivity index (χ1) is 7.66. The molecule has 0 saturated carbocycles. The standard InChI is InChI=1S/C15H16S/c1-15(2)11-7-6-10-14(12-15)16-13-8-4-3-5-9-13/h3-12H,1-2H3. The molecule has 0 saturated heterocycles. The van der Waals surface area contributed by atoms with Gasteiger partial charge in [-0.1, -0.05) is 68.1 Å². The topological polar surface area (TPSA) is 0 Å². The van der Waals surface area contributed by atoms with Gasteiger partial charge in [-0.3, -0.25) is 0 Å². The molecule has 1 aliphatic rings. The Morgan fingerprint density at radius 3 is 2.50 bits per heavy atom. The molecule has 0 unspecified atom stereocenters. The third kappa shape index (κ3) is 3.14. The Balaban J connectivity index is 2.19. The maximum Gasteiger partial charge on any atom is 0.0122 e. The summed E-state index contributed by atoms with van der Waals surface area (Å²) < 4.78 is 0. The molecule has 1 aromatic rings. The summed E-state index contributed by atoms with van der Waals surface area (Å²) in [4.78, 5) is 2.59. The molecular weight excluding hydrogens is 212 g/mol. The molecule has 0 heterocycles. The van der Waals surface area contributed by atoms with E-state index in [1.165, 1.54) is 9.80 Å². The number of allylic oxidation sites excluding steroid dienone is 5. The minimum atomic E-state index is 0.139. The van der Waals surface area contributed by atoms with Crippen LogP contribution in [0.5, 0.6) is 0 Å². The van der Waals surface area contributed by atoms with Gasteiger partial charge in [0.2, 0.25) is 0 Å². The van der Waals surface area contributed by atoms with Gasteiger partial charge in [0, 0.05) is 15.2 Å². The van der Waals surface area contributed by atoms with Crippen molar-refractivity contribution >= 4 is 11.8 Å². The van der Waals surface area contributed by atoms with Gasteiger partial charge in [-0.15, -0.1) is 0 Å². The molecule has 1 heteroatoms. The van der Waals surface area contributed by atoms with Gasteiger partial charge in [0.15, 0.2) is 0 Å². The van der Waals surface area contributed by atoms with Gasteiger partial charge in [-0.25, -0.2) is 0 Å². The molecule has 82 valence electrons. The van der Waals surface area contributed by atoms with E-state index in [0.29, 0.717) is 0 Å². The van der Waals surface area contributed by atoms with Crippen LogP contribution in [-0.2, 0) is 0 Å². The van der Waals surface area contributed by atoms with Gasteiger partial charge in [0.05, 0.1) is 0 Å². The van der Waals surface area contributed by atoms with E-state index in [4.69, 9.17) is 0 Å². The van der Waals surface area contributed by atoms with Gasteiger partial charge >= 0.3 is 0 Å². The van der Waals surface area contributed by atoms with Crippen LogP contribution < -0.4 is 0 Å². The number of thioether (sulfide) groups is 1. The lowest BCUT2D eigenvalue weighted by molar-refractivity contribution is 0.626. The highest BCUT2D eigenvalue weighted by molar-refractivity contribution is 8.03. The number of benzene rings is 1. The average Bonchev–Trinajstić information content (AvgIpc) is 2.40. The molecule has 0 N–H and O–H groups in total. The smallest absolute Gasteiger partial charge is 0.0122 e. The predicted octanol–water partition coefficient (Wildman–Crippen LogP) is 4.81. The molecule has 2 rings (SSSR count). The third-order valence-electron chi connectivity index (χ3n) is 2.39. The summed E-state index contributed by atoms with van der Waals surface area (Å²) >= 11 is 1.81. The molecule has 16 heavy (non-hydrogen) atoms. The predicted molar refractivity (Wildman–Crippen MR) is 72.4 cm³/mol. The second-order valence-electron chi connectivity index (χ2n) is 4.50. The fourth-order valence-corrected chi connectivity index (χ4v) is 2.68. The second-order valence-corrected chi connectivity index (χ2v) is 5.65. The van der Waals surface area contributed by atoms with Gasteiger partial charge in [0.1, 0.15) is 0 Å². The Bertz CT molecular complexity index is 436. The normalized spacial score (nSPS) is 18.0. The highest BCUT2D eigenvalue weighted by Gasteiger charge is 2.12.